The van der Waals surface area contributed by atoms with E-state index in [9.17, 15) is 14.0 Å². The highest BCUT2D eigenvalue weighted by molar-refractivity contribution is 5.84. The van der Waals surface area contributed by atoms with Gasteiger partial charge in [-0.25, -0.2) is 9.18 Å². The van der Waals surface area contributed by atoms with Crippen LogP contribution in [0.3, 0.4) is 0 Å². The molecule has 0 saturated heterocycles. The molecular weight excluding hydrogens is 313 g/mol. The molecule has 1 aromatic heterocycles. The van der Waals surface area contributed by atoms with Crippen molar-refractivity contribution in [3.8, 4) is 0 Å². The van der Waals surface area contributed by atoms with Crippen LogP contribution in [-0.2, 0) is 16.9 Å². The van der Waals surface area contributed by atoms with Gasteiger partial charge in [0, 0.05) is 0 Å². The highest BCUT2D eigenvalue weighted by atomic mass is 19.1. The van der Waals surface area contributed by atoms with Crippen LogP contribution in [-0.4, -0.2) is 18.5 Å². The van der Waals surface area contributed by atoms with Crippen molar-refractivity contribution in [3.05, 3.63) is 59.8 Å². The molecule has 1 saturated carbocycles. The average Bonchev–Trinajstić information content (AvgIpc) is 3.15. The van der Waals surface area contributed by atoms with E-state index in [-0.39, 0.29) is 24.8 Å². The van der Waals surface area contributed by atoms with Crippen LogP contribution in [0.25, 0.3) is 0 Å². The molecule has 1 aliphatic rings. The van der Waals surface area contributed by atoms with Crippen LogP contribution in [0.4, 0.5) is 9.18 Å². The van der Waals surface area contributed by atoms with Crippen LogP contribution in [0, 0.1) is 5.82 Å². The third-order valence-corrected chi connectivity index (χ3v) is 3.92. The van der Waals surface area contributed by atoms with Crippen molar-refractivity contribution >= 4 is 11.9 Å². The van der Waals surface area contributed by atoms with Gasteiger partial charge in [-0.1, -0.05) is 12.1 Å². The fraction of sp³-hybridized carbons (Fsp3) is 0.294. The van der Waals surface area contributed by atoms with Crippen LogP contribution in [0.5, 0.6) is 0 Å². The summed E-state index contributed by atoms with van der Waals surface area (Å²) in [5.41, 5.74) is 0.240. The lowest BCUT2D eigenvalue weighted by molar-refractivity contribution is -0.121. The van der Waals surface area contributed by atoms with Crippen molar-refractivity contribution < 1.29 is 18.4 Å². The minimum atomic E-state index is -0.508. The lowest BCUT2D eigenvalue weighted by atomic mass is 10.0. The summed E-state index contributed by atoms with van der Waals surface area (Å²) < 4.78 is 18.4. The van der Waals surface area contributed by atoms with Crippen molar-refractivity contribution in [1.29, 1.82) is 0 Å². The summed E-state index contributed by atoms with van der Waals surface area (Å²) in [6.07, 6.45) is 3.03. The second kappa shape index (κ2) is 6.74. The van der Waals surface area contributed by atoms with Crippen molar-refractivity contribution in [2.75, 3.05) is 6.54 Å². The number of hydrogen-bond acceptors (Lipinski definition) is 3. The first kappa shape index (κ1) is 16.0. The second-order valence-corrected chi connectivity index (χ2v) is 5.76. The van der Waals surface area contributed by atoms with Crippen LogP contribution in [0.1, 0.15) is 24.2 Å². The quantitative estimate of drug-likeness (QED) is 0.757. The van der Waals surface area contributed by atoms with E-state index < -0.39 is 11.6 Å². The van der Waals surface area contributed by atoms with E-state index in [0.29, 0.717) is 5.76 Å². The summed E-state index contributed by atoms with van der Waals surface area (Å²) in [7, 11) is 0. The number of furan rings is 1. The number of benzene rings is 1. The van der Waals surface area contributed by atoms with E-state index in [1.54, 1.807) is 24.3 Å². The number of carbonyl (C=O) groups excluding carboxylic acids is 2. The summed E-state index contributed by atoms with van der Waals surface area (Å²) in [5.74, 6) is -0.0222. The van der Waals surface area contributed by atoms with E-state index >= 15 is 0 Å². The Labute approximate surface area is 138 Å². The highest BCUT2D eigenvalue weighted by Gasteiger charge is 2.45. The number of carbonyl (C=O) groups is 2. The molecule has 1 aliphatic carbocycles. The predicted molar refractivity (Wildman–Crippen MR) is 84.4 cm³/mol. The van der Waals surface area contributed by atoms with Crippen molar-refractivity contribution in [2.24, 2.45) is 0 Å². The zero-order valence-corrected chi connectivity index (χ0v) is 13.0. The summed E-state index contributed by atoms with van der Waals surface area (Å²) >= 11 is 0. The van der Waals surface area contributed by atoms with Gasteiger partial charge in [-0.3, -0.25) is 4.79 Å². The summed E-state index contributed by atoms with van der Waals surface area (Å²) in [6, 6.07) is 9.21. The third-order valence-electron chi connectivity index (χ3n) is 3.92. The predicted octanol–water partition coefficient (Wildman–Crippen LogP) is 2.02. The van der Waals surface area contributed by atoms with Crippen LogP contribution >= 0.6 is 0 Å². The number of amides is 3. The number of nitrogens with one attached hydrogen (secondary N) is 3. The maximum absolute atomic E-state index is 13.3. The Bertz CT molecular complexity index is 726. The Hall–Kier alpha value is -2.83. The lowest BCUT2D eigenvalue weighted by Gasteiger charge is -2.18. The smallest absolute Gasteiger partial charge is 0.315 e. The Morgan fingerprint density at radius 2 is 2.00 bits per heavy atom. The van der Waals surface area contributed by atoms with Gasteiger partial charge in [0.1, 0.15) is 11.6 Å². The van der Waals surface area contributed by atoms with Gasteiger partial charge in [0.05, 0.1) is 24.9 Å². The fourth-order valence-corrected chi connectivity index (χ4v) is 2.51. The van der Waals surface area contributed by atoms with Gasteiger partial charge < -0.3 is 20.4 Å². The van der Waals surface area contributed by atoms with Crippen LogP contribution in [0.2, 0.25) is 0 Å². The zero-order valence-electron chi connectivity index (χ0n) is 13.0. The largest absolute Gasteiger partial charge is 0.467 e. The SMILES string of the molecule is O=C(CNC(=O)NCc1ccco1)NC1(c2cccc(F)c2)CC1. The Balaban J connectivity index is 1.45. The van der Waals surface area contributed by atoms with E-state index in [2.05, 4.69) is 16.0 Å². The van der Waals surface area contributed by atoms with Gasteiger partial charge in [-0.15, -0.1) is 0 Å². The van der Waals surface area contributed by atoms with E-state index in [4.69, 9.17) is 4.42 Å². The molecule has 2 aromatic rings. The summed E-state index contributed by atoms with van der Waals surface area (Å²) in [6.45, 7) is 0.0920. The van der Waals surface area contributed by atoms with E-state index in [1.165, 1.54) is 18.4 Å². The first-order valence-corrected chi connectivity index (χ1v) is 7.69. The van der Waals surface area contributed by atoms with Crippen molar-refractivity contribution in [2.45, 2.75) is 24.9 Å². The molecule has 0 radical (unpaired) electrons. The molecule has 0 atom stereocenters. The van der Waals surface area contributed by atoms with E-state index in [0.717, 1.165) is 18.4 Å². The van der Waals surface area contributed by atoms with Crippen molar-refractivity contribution in [1.82, 2.24) is 16.0 Å². The van der Waals surface area contributed by atoms with Crippen molar-refractivity contribution in [3.63, 3.8) is 0 Å². The molecule has 0 aliphatic heterocycles. The molecule has 3 amide bonds. The van der Waals surface area contributed by atoms with Gasteiger partial charge in [-0.2, -0.15) is 0 Å². The van der Waals surface area contributed by atoms with Gasteiger partial charge in [-0.05, 0) is 42.7 Å². The maximum atomic E-state index is 13.3. The normalized spacial score (nSPS) is 14.7. The molecule has 126 valence electrons. The van der Waals surface area contributed by atoms with Gasteiger partial charge in [0.2, 0.25) is 5.91 Å². The summed E-state index contributed by atoms with van der Waals surface area (Å²) in [4.78, 5) is 23.7. The zero-order chi connectivity index (χ0) is 17.0. The minimum absolute atomic E-state index is 0.152. The molecule has 0 unspecified atom stereocenters. The summed E-state index contributed by atoms with van der Waals surface area (Å²) in [5, 5.41) is 7.93. The van der Waals surface area contributed by atoms with Crippen LogP contribution < -0.4 is 16.0 Å². The molecule has 1 heterocycles. The van der Waals surface area contributed by atoms with E-state index in [1.807, 2.05) is 0 Å². The number of hydrogen-bond donors (Lipinski definition) is 3. The maximum Gasteiger partial charge on any atom is 0.315 e. The molecule has 0 bridgehead atoms. The number of rotatable bonds is 6. The molecule has 6 nitrogen and oxygen atoms in total. The van der Waals surface area contributed by atoms with Gasteiger partial charge >= 0.3 is 6.03 Å². The molecule has 3 rings (SSSR count). The lowest BCUT2D eigenvalue weighted by Crippen LogP contribution is -2.44. The van der Waals surface area contributed by atoms with Crippen LogP contribution in [0.15, 0.2) is 47.1 Å². The molecule has 7 heteroatoms. The second-order valence-electron chi connectivity index (χ2n) is 5.76. The molecule has 1 fully saturated rings. The Morgan fingerprint density at radius 3 is 2.67 bits per heavy atom. The topological polar surface area (TPSA) is 83.4 Å². The average molecular weight is 331 g/mol. The third kappa shape index (κ3) is 3.92. The molecule has 1 aromatic carbocycles. The van der Waals surface area contributed by atoms with Gasteiger partial charge in [0.25, 0.3) is 0 Å². The molecule has 24 heavy (non-hydrogen) atoms. The Morgan fingerprint density at radius 1 is 1.17 bits per heavy atom. The molecule has 3 N–H and O–H groups in total. The number of halogens is 1. The van der Waals surface area contributed by atoms with Gasteiger partial charge in [0.15, 0.2) is 0 Å². The molecular formula is C17H18FN3O3. The molecule has 0 spiro atoms. The fourth-order valence-electron chi connectivity index (χ4n) is 2.51. The minimum Gasteiger partial charge on any atom is -0.467 e. The monoisotopic (exact) mass is 331 g/mol. The first-order valence-electron chi connectivity index (χ1n) is 7.69. The first-order chi connectivity index (χ1) is 11.6. The number of urea groups is 1. The standard InChI is InChI=1S/C17H18FN3O3/c18-13-4-1-3-12(9-13)17(6-7-17)21-15(22)11-20-16(23)19-10-14-5-2-8-24-14/h1-5,8-9H,6-7,10-11H2,(H,21,22)(H2,19,20,23). The Kier molecular flexibility index (Phi) is 4.50. The highest BCUT2D eigenvalue weighted by Crippen LogP contribution is 2.45.